The minimum Gasteiger partial charge on any atom is -0.394 e. The number of aryl methyl sites for hydroxylation is 1. The lowest BCUT2D eigenvalue weighted by Crippen LogP contribution is -2.49. The molecule has 0 saturated carbocycles. The fourth-order valence-electron chi connectivity index (χ4n) is 2.76. The Kier molecular flexibility index (Phi) is 5.68. The Morgan fingerprint density at radius 1 is 1.25 bits per heavy atom. The fourth-order valence-corrected chi connectivity index (χ4v) is 5.12. The lowest BCUT2D eigenvalue weighted by atomic mass is 10.1. The van der Waals surface area contributed by atoms with Gasteiger partial charge < -0.3 is 10.2 Å². The average Bonchev–Trinajstić information content (AvgIpc) is 2.89. The normalized spacial score (nSPS) is 24.2. The molecule has 1 fully saturated rings. The first-order valence-electron chi connectivity index (χ1n) is 7.32. The Bertz CT molecular complexity index is 774. The van der Waals surface area contributed by atoms with Gasteiger partial charge in [-0.05, 0) is 25.5 Å². The second-order valence-electron chi connectivity index (χ2n) is 5.80. The Morgan fingerprint density at radius 3 is 2.33 bits per heavy atom. The number of aliphatic hydroxyl groups is 2. The molecule has 1 aliphatic rings. The minimum atomic E-state index is -3.96. The zero-order valence-corrected chi connectivity index (χ0v) is 15.0. The van der Waals surface area contributed by atoms with Crippen molar-refractivity contribution in [2.75, 3.05) is 19.4 Å². The largest absolute Gasteiger partial charge is 0.394 e. The number of sulfonamides is 1. The predicted molar refractivity (Wildman–Crippen MR) is 86.3 cm³/mol. The number of hydrogen-bond acceptors (Lipinski definition) is 7. The van der Waals surface area contributed by atoms with Gasteiger partial charge in [-0.2, -0.15) is 12.7 Å². The molecule has 0 aliphatic carbocycles. The maximum atomic E-state index is 12.8. The van der Waals surface area contributed by atoms with Gasteiger partial charge in [-0.1, -0.05) is 17.7 Å². The van der Waals surface area contributed by atoms with Crippen molar-refractivity contribution >= 4 is 20.1 Å². The molecule has 1 saturated heterocycles. The van der Waals surface area contributed by atoms with Crippen LogP contribution in [0.3, 0.4) is 0 Å². The van der Waals surface area contributed by atoms with Crippen LogP contribution in [0.15, 0.2) is 29.2 Å². The van der Waals surface area contributed by atoms with Crippen LogP contribution in [0.2, 0.25) is 0 Å². The summed E-state index contributed by atoms with van der Waals surface area (Å²) in [5.74, 6) is 0. The molecule has 2 N–H and O–H groups in total. The van der Waals surface area contributed by atoms with Crippen LogP contribution in [0.5, 0.6) is 0 Å². The van der Waals surface area contributed by atoms with Gasteiger partial charge in [0, 0.05) is 6.54 Å². The summed E-state index contributed by atoms with van der Waals surface area (Å²) >= 11 is 0. The van der Waals surface area contributed by atoms with Crippen LogP contribution < -0.4 is 0 Å². The van der Waals surface area contributed by atoms with Gasteiger partial charge in [0.2, 0.25) is 10.0 Å². The maximum Gasteiger partial charge on any atom is 0.264 e. The van der Waals surface area contributed by atoms with Crippen molar-refractivity contribution < 1.29 is 31.2 Å². The number of rotatable bonds is 6. The van der Waals surface area contributed by atoms with Crippen molar-refractivity contribution in [3.8, 4) is 0 Å². The van der Waals surface area contributed by atoms with Crippen LogP contribution in [0.25, 0.3) is 0 Å². The average molecular weight is 379 g/mol. The fraction of sp³-hybridized carbons (Fsp3) is 0.571. The van der Waals surface area contributed by atoms with Crippen LogP contribution in [0.1, 0.15) is 12.0 Å². The molecule has 0 unspecified atom stereocenters. The molecule has 0 spiro atoms. The SMILES string of the molecule is Cc1ccc(S(=O)(=O)N2CC[C@@H](OS(C)(=O)=O)[C@@H]2[C@@H](O)CO)cc1. The number of aliphatic hydroxyl groups excluding tert-OH is 2. The van der Waals surface area contributed by atoms with Gasteiger partial charge in [-0.25, -0.2) is 8.42 Å². The van der Waals surface area contributed by atoms with Crippen molar-refractivity contribution in [1.82, 2.24) is 4.31 Å². The Morgan fingerprint density at radius 2 is 1.83 bits per heavy atom. The van der Waals surface area contributed by atoms with Gasteiger partial charge >= 0.3 is 0 Å². The highest BCUT2D eigenvalue weighted by atomic mass is 32.2. The van der Waals surface area contributed by atoms with E-state index in [2.05, 4.69) is 0 Å². The van der Waals surface area contributed by atoms with Crippen LogP contribution in [-0.4, -0.2) is 69.0 Å². The van der Waals surface area contributed by atoms with Crippen molar-refractivity contribution in [2.24, 2.45) is 0 Å². The minimum absolute atomic E-state index is 0.0158. The Hall–Kier alpha value is -1.04. The molecule has 2 rings (SSSR count). The molecule has 0 bridgehead atoms. The zero-order valence-electron chi connectivity index (χ0n) is 13.4. The van der Waals surface area contributed by atoms with Gasteiger partial charge in [-0.3, -0.25) is 4.18 Å². The highest BCUT2D eigenvalue weighted by Crippen LogP contribution is 2.31. The van der Waals surface area contributed by atoms with Gasteiger partial charge in [0.15, 0.2) is 0 Å². The van der Waals surface area contributed by atoms with E-state index in [0.717, 1.165) is 16.1 Å². The van der Waals surface area contributed by atoms with E-state index in [1.807, 2.05) is 6.92 Å². The maximum absolute atomic E-state index is 12.8. The zero-order chi connectivity index (χ0) is 18.1. The third kappa shape index (κ3) is 4.13. The van der Waals surface area contributed by atoms with E-state index in [4.69, 9.17) is 4.18 Å². The third-order valence-corrected chi connectivity index (χ3v) is 6.36. The summed E-state index contributed by atoms with van der Waals surface area (Å²) in [5.41, 5.74) is 0.889. The summed E-state index contributed by atoms with van der Waals surface area (Å²) in [6.45, 7) is 1.09. The van der Waals surface area contributed by atoms with Crippen LogP contribution in [-0.2, 0) is 24.3 Å². The van der Waals surface area contributed by atoms with Crippen molar-refractivity contribution in [1.29, 1.82) is 0 Å². The summed E-state index contributed by atoms with van der Waals surface area (Å²) in [6, 6.07) is 4.99. The van der Waals surface area contributed by atoms with Crippen LogP contribution >= 0.6 is 0 Å². The van der Waals surface area contributed by atoms with E-state index in [9.17, 15) is 27.0 Å². The molecule has 1 aromatic carbocycles. The Labute approximate surface area is 141 Å². The molecular formula is C14H21NO7S2. The highest BCUT2D eigenvalue weighted by molar-refractivity contribution is 7.89. The summed E-state index contributed by atoms with van der Waals surface area (Å²) in [4.78, 5) is 0.0308. The highest BCUT2D eigenvalue weighted by Gasteiger charge is 2.47. The van der Waals surface area contributed by atoms with Crippen molar-refractivity contribution in [2.45, 2.75) is 36.5 Å². The summed E-state index contributed by atoms with van der Waals surface area (Å²) in [6.07, 6.45) is -1.56. The second-order valence-corrected chi connectivity index (χ2v) is 9.29. The predicted octanol–water partition coefficient (Wildman–Crippen LogP) is -0.544. The molecule has 1 aromatic rings. The molecule has 3 atom stereocenters. The molecule has 0 aromatic heterocycles. The summed E-state index contributed by atoms with van der Waals surface area (Å²) in [5, 5.41) is 19.2. The third-order valence-electron chi connectivity index (χ3n) is 3.85. The smallest absolute Gasteiger partial charge is 0.264 e. The second kappa shape index (κ2) is 7.06. The van der Waals surface area contributed by atoms with Gasteiger partial charge in [0.05, 0.1) is 36.0 Å². The number of benzene rings is 1. The van der Waals surface area contributed by atoms with Gasteiger partial charge in [0.25, 0.3) is 10.1 Å². The molecule has 24 heavy (non-hydrogen) atoms. The van der Waals surface area contributed by atoms with E-state index >= 15 is 0 Å². The topological polar surface area (TPSA) is 121 Å². The van der Waals surface area contributed by atoms with E-state index in [0.29, 0.717) is 0 Å². The van der Waals surface area contributed by atoms with E-state index in [-0.39, 0.29) is 17.9 Å². The van der Waals surface area contributed by atoms with Crippen molar-refractivity contribution in [3.63, 3.8) is 0 Å². The molecule has 1 aliphatic heterocycles. The molecular weight excluding hydrogens is 358 g/mol. The molecule has 1 heterocycles. The molecule has 136 valence electrons. The van der Waals surface area contributed by atoms with E-state index in [1.54, 1.807) is 12.1 Å². The van der Waals surface area contributed by atoms with E-state index in [1.165, 1.54) is 12.1 Å². The van der Waals surface area contributed by atoms with Crippen LogP contribution in [0.4, 0.5) is 0 Å². The van der Waals surface area contributed by atoms with Crippen molar-refractivity contribution in [3.05, 3.63) is 29.8 Å². The first-order valence-corrected chi connectivity index (χ1v) is 10.6. The standard InChI is InChI=1S/C14H21NO7S2/c1-10-3-5-11(6-4-10)24(20,21)15-8-7-13(22-23(2,18)19)14(15)12(17)9-16/h3-6,12-14,16-17H,7-9H2,1-2H3/t12-,13+,14-/m0/s1. The molecule has 8 nitrogen and oxygen atoms in total. The monoisotopic (exact) mass is 379 g/mol. The lowest BCUT2D eigenvalue weighted by Gasteiger charge is -2.30. The van der Waals surface area contributed by atoms with Gasteiger partial charge in [-0.15, -0.1) is 0 Å². The number of nitrogens with zero attached hydrogens (tertiary/aromatic N) is 1. The number of hydrogen-bond donors (Lipinski definition) is 2. The molecule has 0 amide bonds. The Balaban J connectivity index is 2.38. The quantitative estimate of drug-likeness (QED) is 0.637. The first-order chi connectivity index (χ1) is 11.1. The summed E-state index contributed by atoms with van der Waals surface area (Å²) in [7, 11) is -7.80. The summed E-state index contributed by atoms with van der Waals surface area (Å²) < 4.78 is 54.3. The first kappa shape index (κ1) is 19.3. The lowest BCUT2D eigenvalue weighted by molar-refractivity contribution is 0.0154. The van der Waals surface area contributed by atoms with Crippen LogP contribution in [0, 0.1) is 6.92 Å². The van der Waals surface area contributed by atoms with Gasteiger partial charge in [0.1, 0.15) is 0 Å². The molecule has 0 radical (unpaired) electrons. The van der Waals surface area contributed by atoms with E-state index < -0.39 is 45.0 Å². The molecule has 10 heteroatoms.